The summed E-state index contributed by atoms with van der Waals surface area (Å²) in [5, 5.41) is 12.3. The van der Waals surface area contributed by atoms with Gasteiger partial charge in [-0.3, -0.25) is 0 Å². The number of nitriles is 1. The summed E-state index contributed by atoms with van der Waals surface area (Å²) in [6.07, 6.45) is 2.12. The highest BCUT2D eigenvalue weighted by atomic mass is 14.9. The molecule has 1 saturated carbocycles. The lowest BCUT2D eigenvalue weighted by Gasteiger charge is -2.09. The Balaban J connectivity index is 1.81. The van der Waals surface area contributed by atoms with Crippen LogP contribution in [0.3, 0.4) is 0 Å². The number of nitrogens with zero attached hydrogens (tertiary/aromatic N) is 1. The summed E-state index contributed by atoms with van der Waals surface area (Å²) in [6.45, 7) is 6.10. The lowest BCUT2D eigenvalue weighted by atomic mass is 10.0. The minimum Gasteiger partial charge on any atom is -0.311 e. The van der Waals surface area contributed by atoms with Crippen molar-refractivity contribution in [3.05, 3.63) is 35.4 Å². The van der Waals surface area contributed by atoms with Gasteiger partial charge in [-0.2, -0.15) is 5.26 Å². The molecule has 0 spiro atoms. The monoisotopic (exact) mass is 228 g/mol. The highest BCUT2D eigenvalue weighted by Crippen LogP contribution is 2.44. The van der Waals surface area contributed by atoms with E-state index in [0.29, 0.717) is 5.92 Å². The smallest absolute Gasteiger partial charge is 0.0703 e. The minimum atomic E-state index is -0.0438. The summed E-state index contributed by atoms with van der Waals surface area (Å²) in [7, 11) is 0. The first-order chi connectivity index (χ1) is 8.15. The summed E-state index contributed by atoms with van der Waals surface area (Å²) >= 11 is 0. The fourth-order valence-corrected chi connectivity index (χ4v) is 1.95. The quantitative estimate of drug-likeness (QED) is 0.840. The molecule has 1 N–H and O–H groups in total. The molecule has 90 valence electrons. The van der Waals surface area contributed by atoms with Crippen molar-refractivity contribution in [2.75, 3.05) is 6.54 Å². The Morgan fingerprint density at radius 1 is 1.29 bits per heavy atom. The van der Waals surface area contributed by atoms with Gasteiger partial charge >= 0.3 is 0 Å². The Morgan fingerprint density at radius 2 is 1.94 bits per heavy atom. The van der Waals surface area contributed by atoms with Crippen molar-refractivity contribution >= 4 is 0 Å². The van der Waals surface area contributed by atoms with Gasteiger partial charge in [-0.15, -0.1) is 0 Å². The van der Waals surface area contributed by atoms with Crippen LogP contribution in [0.2, 0.25) is 0 Å². The molecule has 0 heterocycles. The molecule has 0 unspecified atom stereocenters. The topological polar surface area (TPSA) is 35.8 Å². The number of hydrogen-bond donors (Lipinski definition) is 1. The van der Waals surface area contributed by atoms with Gasteiger partial charge in [-0.05, 0) is 29.9 Å². The Morgan fingerprint density at radius 3 is 2.41 bits per heavy atom. The largest absolute Gasteiger partial charge is 0.311 e. The Bertz CT molecular complexity index is 408. The van der Waals surface area contributed by atoms with Crippen LogP contribution in [0.25, 0.3) is 0 Å². The maximum atomic E-state index is 8.96. The van der Waals surface area contributed by atoms with E-state index in [1.54, 1.807) is 0 Å². The average molecular weight is 228 g/mol. The van der Waals surface area contributed by atoms with Crippen LogP contribution in [-0.2, 0) is 6.54 Å². The zero-order valence-electron chi connectivity index (χ0n) is 10.7. The third-order valence-corrected chi connectivity index (χ3v) is 3.53. The molecule has 0 radical (unpaired) electrons. The van der Waals surface area contributed by atoms with E-state index in [9.17, 15) is 0 Å². The van der Waals surface area contributed by atoms with Gasteiger partial charge in [0, 0.05) is 13.1 Å². The first kappa shape index (κ1) is 12.1. The van der Waals surface area contributed by atoms with Crippen LogP contribution in [0.1, 0.15) is 43.7 Å². The molecule has 0 bridgehead atoms. The van der Waals surface area contributed by atoms with Gasteiger partial charge in [0.15, 0.2) is 0 Å². The zero-order chi connectivity index (χ0) is 12.3. The summed E-state index contributed by atoms with van der Waals surface area (Å²) in [5.74, 6) is 0.588. The SMILES string of the molecule is CC(C)c1ccc(CNCC2(C#N)CC2)cc1. The van der Waals surface area contributed by atoms with Crippen LogP contribution < -0.4 is 5.32 Å². The fourth-order valence-electron chi connectivity index (χ4n) is 1.95. The maximum absolute atomic E-state index is 8.96. The van der Waals surface area contributed by atoms with E-state index in [4.69, 9.17) is 5.26 Å². The summed E-state index contributed by atoms with van der Waals surface area (Å²) in [6, 6.07) is 11.1. The molecule has 17 heavy (non-hydrogen) atoms. The second-order valence-corrected chi connectivity index (χ2v) is 5.39. The van der Waals surface area contributed by atoms with Crippen LogP contribution in [0, 0.1) is 16.7 Å². The molecule has 2 rings (SSSR count). The molecule has 0 atom stereocenters. The number of rotatable bonds is 5. The van der Waals surface area contributed by atoms with Gasteiger partial charge in [-0.1, -0.05) is 38.1 Å². The van der Waals surface area contributed by atoms with E-state index in [-0.39, 0.29) is 5.41 Å². The number of benzene rings is 1. The normalized spacial score (nSPS) is 16.8. The molecule has 0 aliphatic heterocycles. The highest BCUT2D eigenvalue weighted by Gasteiger charge is 2.42. The Kier molecular flexibility index (Phi) is 3.49. The minimum absolute atomic E-state index is 0.0438. The average Bonchev–Trinajstić information content (AvgIpc) is 3.10. The van der Waals surface area contributed by atoms with Crippen LogP contribution in [0.15, 0.2) is 24.3 Å². The van der Waals surface area contributed by atoms with Crippen molar-refractivity contribution in [3.63, 3.8) is 0 Å². The van der Waals surface area contributed by atoms with Crippen LogP contribution in [0.4, 0.5) is 0 Å². The molecule has 1 aliphatic rings. The molecule has 2 nitrogen and oxygen atoms in total. The van der Waals surface area contributed by atoms with Crippen LogP contribution in [0.5, 0.6) is 0 Å². The summed E-state index contributed by atoms with van der Waals surface area (Å²) < 4.78 is 0. The third kappa shape index (κ3) is 3.08. The van der Waals surface area contributed by atoms with Crippen molar-refractivity contribution in [1.82, 2.24) is 5.32 Å². The molecule has 0 saturated heterocycles. The van der Waals surface area contributed by atoms with Gasteiger partial charge in [0.2, 0.25) is 0 Å². The van der Waals surface area contributed by atoms with Crippen molar-refractivity contribution in [2.45, 2.75) is 39.2 Å². The van der Waals surface area contributed by atoms with Crippen molar-refractivity contribution in [1.29, 1.82) is 5.26 Å². The van der Waals surface area contributed by atoms with Gasteiger partial charge in [0.25, 0.3) is 0 Å². The molecule has 1 aromatic rings. The molecule has 0 aromatic heterocycles. The van der Waals surface area contributed by atoms with E-state index < -0.39 is 0 Å². The van der Waals surface area contributed by atoms with Crippen LogP contribution >= 0.6 is 0 Å². The van der Waals surface area contributed by atoms with E-state index in [1.807, 2.05) is 0 Å². The molecule has 1 aliphatic carbocycles. The Labute approximate surface area is 104 Å². The van der Waals surface area contributed by atoms with E-state index in [1.165, 1.54) is 11.1 Å². The standard InChI is InChI=1S/C15H20N2/c1-12(2)14-5-3-13(4-6-14)9-17-11-15(10-16)7-8-15/h3-6,12,17H,7-9,11H2,1-2H3. The van der Waals surface area contributed by atoms with Gasteiger partial charge in [-0.25, -0.2) is 0 Å². The molecular weight excluding hydrogens is 208 g/mol. The predicted molar refractivity (Wildman–Crippen MR) is 69.5 cm³/mol. The lowest BCUT2D eigenvalue weighted by Crippen LogP contribution is -2.22. The third-order valence-electron chi connectivity index (χ3n) is 3.53. The summed E-state index contributed by atoms with van der Waals surface area (Å²) in [5.41, 5.74) is 2.63. The van der Waals surface area contributed by atoms with E-state index in [2.05, 4.69) is 49.5 Å². The van der Waals surface area contributed by atoms with Gasteiger partial charge in [0.05, 0.1) is 11.5 Å². The van der Waals surface area contributed by atoms with E-state index >= 15 is 0 Å². The fraction of sp³-hybridized carbons (Fsp3) is 0.533. The first-order valence-electron chi connectivity index (χ1n) is 6.36. The molecule has 0 amide bonds. The van der Waals surface area contributed by atoms with Crippen LogP contribution in [-0.4, -0.2) is 6.54 Å². The van der Waals surface area contributed by atoms with Gasteiger partial charge < -0.3 is 5.32 Å². The van der Waals surface area contributed by atoms with Crippen molar-refractivity contribution in [3.8, 4) is 6.07 Å². The number of nitrogens with one attached hydrogen (secondary N) is 1. The van der Waals surface area contributed by atoms with Crippen molar-refractivity contribution in [2.24, 2.45) is 5.41 Å². The second-order valence-electron chi connectivity index (χ2n) is 5.39. The number of hydrogen-bond acceptors (Lipinski definition) is 2. The zero-order valence-corrected chi connectivity index (χ0v) is 10.7. The predicted octanol–water partition coefficient (Wildman–Crippen LogP) is 3.20. The molecule has 1 aromatic carbocycles. The molecule has 2 heteroatoms. The highest BCUT2D eigenvalue weighted by molar-refractivity contribution is 5.24. The Hall–Kier alpha value is -1.33. The second kappa shape index (κ2) is 4.89. The summed E-state index contributed by atoms with van der Waals surface area (Å²) in [4.78, 5) is 0. The van der Waals surface area contributed by atoms with Crippen molar-refractivity contribution < 1.29 is 0 Å². The first-order valence-corrected chi connectivity index (χ1v) is 6.36. The van der Waals surface area contributed by atoms with Gasteiger partial charge in [0.1, 0.15) is 0 Å². The van der Waals surface area contributed by atoms with E-state index in [0.717, 1.165) is 25.9 Å². The molecular formula is C15H20N2. The maximum Gasteiger partial charge on any atom is 0.0703 e. The molecule has 1 fully saturated rings. The lowest BCUT2D eigenvalue weighted by molar-refractivity contribution is 0.558.